The van der Waals surface area contributed by atoms with Gasteiger partial charge in [0, 0.05) is 34.1 Å². The lowest BCUT2D eigenvalue weighted by Gasteiger charge is -2.20. The Kier molecular flexibility index (Phi) is 3.93. The highest BCUT2D eigenvalue weighted by Gasteiger charge is 2.24. The van der Waals surface area contributed by atoms with Gasteiger partial charge in [0.05, 0.1) is 11.0 Å². The summed E-state index contributed by atoms with van der Waals surface area (Å²) in [5.74, 6) is 0.394. The first-order valence-electron chi connectivity index (χ1n) is 10.0. The summed E-state index contributed by atoms with van der Waals surface area (Å²) in [6.07, 6.45) is 0. The van der Waals surface area contributed by atoms with E-state index in [-0.39, 0.29) is 6.54 Å². The summed E-state index contributed by atoms with van der Waals surface area (Å²) in [6, 6.07) is 30.6. The van der Waals surface area contributed by atoms with E-state index in [2.05, 4.69) is 57.8 Å². The van der Waals surface area contributed by atoms with Crippen LogP contribution in [0.3, 0.4) is 0 Å². The molecule has 0 spiro atoms. The maximum Gasteiger partial charge on any atom is 0.382 e. The van der Waals surface area contributed by atoms with Gasteiger partial charge in [-0.2, -0.15) is 13.1 Å². The van der Waals surface area contributed by atoms with Gasteiger partial charge in [0.1, 0.15) is 0 Å². The van der Waals surface area contributed by atoms with Crippen molar-refractivity contribution in [3.05, 3.63) is 96.6 Å². The number of nitrogens with zero attached hydrogens (tertiary/aromatic N) is 1. The highest BCUT2D eigenvalue weighted by Crippen LogP contribution is 2.37. The van der Waals surface area contributed by atoms with Gasteiger partial charge >= 0.3 is 10.3 Å². The van der Waals surface area contributed by atoms with Crippen LogP contribution in [0.15, 0.2) is 91.0 Å². The van der Waals surface area contributed by atoms with Gasteiger partial charge in [-0.05, 0) is 29.8 Å². The number of rotatable bonds is 2. The van der Waals surface area contributed by atoms with Crippen LogP contribution in [0.1, 0.15) is 5.56 Å². The standard InChI is InChI=1S/C25H18N2O3S/c28-31(29)26-16-18-6-5-9-20(25(18)30-31)17-12-14-19(15-13-17)27-23-10-3-1-7-21(23)22-8-2-4-11-24(22)27/h1-15,26H,16H2. The molecule has 31 heavy (non-hydrogen) atoms. The molecule has 152 valence electrons. The summed E-state index contributed by atoms with van der Waals surface area (Å²) in [5.41, 5.74) is 5.82. The number of hydrogen-bond donors (Lipinski definition) is 1. The van der Waals surface area contributed by atoms with Gasteiger partial charge in [-0.1, -0.05) is 66.7 Å². The predicted molar refractivity (Wildman–Crippen MR) is 123 cm³/mol. The molecule has 2 heterocycles. The molecule has 0 radical (unpaired) electrons. The summed E-state index contributed by atoms with van der Waals surface area (Å²) in [4.78, 5) is 0. The maximum absolute atomic E-state index is 11.9. The Bertz CT molecular complexity index is 1520. The lowest BCUT2D eigenvalue weighted by molar-refractivity contribution is 0.454. The minimum absolute atomic E-state index is 0.227. The van der Waals surface area contributed by atoms with Crippen LogP contribution in [0, 0.1) is 0 Å². The fraction of sp³-hybridized carbons (Fsp3) is 0.0400. The van der Waals surface area contributed by atoms with E-state index in [1.54, 1.807) is 0 Å². The first-order valence-corrected chi connectivity index (χ1v) is 11.4. The fourth-order valence-electron chi connectivity index (χ4n) is 4.35. The Morgan fingerprint density at radius 2 is 1.39 bits per heavy atom. The van der Waals surface area contributed by atoms with E-state index in [9.17, 15) is 8.42 Å². The molecule has 6 heteroatoms. The molecule has 5 aromatic rings. The molecule has 0 unspecified atom stereocenters. The number of aromatic nitrogens is 1. The summed E-state index contributed by atoms with van der Waals surface area (Å²) < 4.78 is 33.8. The SMILES string of the molecule is O=S1(=O)NCc2cccc(-c3ccc(-n4c5ccccc5c5ccccc54)cc3)c2O1. The third-order valence-corrected chi connectivity index (χ3v) is 6.63. The Morgan fingerprint density at radius 1 is 0.742 bits per heavy atom. The molecule has 5 nitrogen and oxygen atoms in total. The maximum atomic E-state index is 11.9. The van der Waals surface area contributed by atoms with E-state index in [0.29, 0.717) is 5.75 Å². The first kappa shape index (κ1) is 18.2. The number of fused-ring (bicyclic) bond motifs is 4. The minimum Gasteiger partial charge on any atom is -0.370 e. The molecule has 0 fully saturated rings. The highest BCUT2D eigenvalue weighted by atomic mass is 32.2. The fourth-order valence-corrected chi connectivity index (χ4v) is 5.15. The van der Waals surface area contributed by atoms with Gasteiger partial charge in [-0.25, -0.2) is 0 Å². The van der Waals surface area contributed by atoms with Crippen molar-refractivity contribution in [1.29, 1.82) is 0 Å². The molecule has 4 aromatic carbocycles. The number of nitrogens with one attached hydrogen (secondary N) is 1. The van der Waals surface area contributed by atoms with Crippen LogP contribution in [0.5, 0.6) is 5.75 Å². The van der Waals surface area contributed by atoms with E-state index in [4.69, 9.17) is 4.18 Å². The van der Waals surface area contributed by atoms with Crippen LogP contribution in [-0.4, -0.2) is 13.0 Å². The smallest absolute Gasteiger partial charge is 0.370 e. The van der Waals surface area contributed by atoms with Crippen LogP contribution in [0.2, 0.25) is 0 Å². The summed E-state index contributed by atoms with van der Waals surface area (Å²) >= 11 is 0. The molecule has 1 aliphatic rings. The number of benzene rings is 4. The van der Waals surface area contributed by atoms with Crippen LogP contribution >= 0.6 is 0 Å². The molecule has 0 bridgehead atoms. The Labute approximate surface area is 179 Å². The molecular weight excluding hydrogens is 408 g/mol. The van der Waals surface area contributed by atoms with Gasteiger partial charge in [0.2, 0.25) is 0 Å². The molecule has 6 rings (SSSR count). The van der Waals surface area contributed by atoms with E-state index in [1.807, 2.05) is 42.5 Å². The average Bonchev–Trinajstić information content (AvgIpc) is 3.13. The third-order valence-electron chi connectivity index (χ3n) is 5.75. The largest absolute Gasteiger partial charge is 0.382 e. The zero-order valence-electron chi connectivity index (χ0n) is 16.4. The average molecular weight is 426 g/mol. The Morgan fingerprint density at radius 3 is 2.06 bits per heavy atom. The van der Waals surface area contributed by atoms with Crippen molar-refractivity contribution in [3.63, 3.8) is 0 Å². The summed E-state index contributed by atoms with van der Waals surface area (Å²) in [7, 11) is -3.77. The molecule has 0 amide bonds. The second-order valence-electron chi connectivity index (χ2n) is 7.57. The second-order valence-corrected chi connectivity index (χ2v) is 8.93. The van der Waals surface area contributed by atoms with Crippen molar-refractivity contribution >= 4 is 32.1 Å². The molecule has 1 N–H and O–H groups in total. The topological polar surface area (TPSA) is 60.3 Å². The second kappa shape index (κ2) is 6.70. The predicted octanol–water partition coefficient (Wildman–Crippen LogP) is 5.18. The van der Waals surface area contributed by atoms with Crippen LogP contribution in [-0.2, 0) is 16.8 Å². The normalized spacial score (nSPS) is 15.0. The van der Waals surface area contributed by atoms with Crippen LogP contribution in [0.4, 0.5) is 0 Å². The zero-order valence-corrected chi connectivity index (χ0v) is 17.3. The molecular formula is C25H18N2O3S. The van der Waals surface area contributed by atoms with E-state index >= 15 is 0 Å². The van der Waals surface area contributed by atoms with E-state index < -0.39 is 10.3 Å². The minimum atomic E-state index is -3.77. The van der Waals surface area contributed by atoms with Crippen LogP contribution in [0.25, 0.3) is 38.6 Å². The van der Waals surface area contributed by atoms with Crippen LogP contribution < -0.4 is 8.91 Å². The third kappa shape index (κ3) is 2.91. The van der Waals surface area contributed by atoms with Gasteiger partial charge in [0.15, 0.2) is 5.75 Å². The quantitative estimate of drug-likeness (QED) is 0.423. The molecule has 0 atom stereocenters. The van der Waals surface area contributed by atoms with Gasteiger partial charge in [-0.15, -0.1) is 0 Å². The van der Waals surface area contributed by atoms with Crippen molar-refractivity contribution < 1.29 is 12.6 Å². The van der Waals surface area contributed by atoms with Crippen molar-refractivity contribution in [1.82, 2.24) is 9.29 Å². The highest BCUT2D eigenvalue weighted by molar-refractivity contribution is 7.85. The van der Waals surface area contributed by atoms with Crippen molar-refractivity contribution in [2.24, 2.45) is 0 Å². The molecule has 1 aromatic heterocycles. The summed E-state index contributed by atoms with van der Waals surface area (Å²) in [5, 5.41) is 2.43. The molecule has 0 saturated heterocycles. The lowest BCUT2D eigenvalue weighted by atomic mass is 10.0. The van der Waals surface area contributed by atoms with E-state index in [0.717, 1.165) is 33.4 Å². The monoisotopic (exact) mass is 426 g/mol. The zero-order chi connectivity index (χ0) is 21.0. The van der Waals surface area contributed by atoms with Crippen molar-refractivity contribution in [2.75, 3.05) is 0 Å². The number of para-hydroxylation sites is 3. The number of hydrogen-bond acceptors (Lipinski definition) is 3. The molecule has 0 saturated carbocycles. The Hall–Kier alpha value is -3.61. The van der Waals surface area contributed by atoms with Crippen molar-refractivity contribution in [3.8, 4) is 22.6 Å². The van der Waals surface area contributed by atoms with Gasteiger partial charge < -0.3 is 8.75 Å². The first-order chi connectivity index (χ1) is 15.1. The van der Waals surface area contributed by atoms with Crippen molar-refractivity contribution in [2.45, 2.75) is 6.54 Å². The molecule has 0 aliphatic carbocycles. The van der Waals surface area contributed by atoms with Gasteiger partial charge in [-0.3, -0.25) is 0 Å². The molecule has 1 aliphatic heterocycles. The van der Waals surface area contributed by atoms with E-state index in [1.165, 1.54) is 10.8 Å². The summed E-state index contributed by atoms with van der Waals surface area (Å²) in [6.45, 7) is 0.227. The Balaban J connectivity index is 1.50. The van der Waals surface area contributed by atoms with Gasteiger partial charge in [0.25, 0.3) is 0 Å². The lowest BCUT2D eigenvalue weighted by Crippen LogP contribution is -2.32.